The summed E-state index contributed by atoms with van der Waals surface area (Å²) in [4.78, 5) is 27.5. The highest BCUT2D eigenvalue weighted by Crippen LogP contribution is 2.32. The first-order valence-electron chi connectivity index (χ1n) is 9.46. The molecule has 0 aromatic heterocycles. The fraction of sp³-hybridized carbons (Fsp3) is 0.889. The third-order valence-corrected chi connectivity index (χ3v) is 5.37. The molecule has 0 aromatic rings. The SMILES string of the molecule is CCCCC(CN)NC(=O)C1CCCCC1C(=O)N1CCCC1.Cl. The highest BCUT2D eigenvalue weighted by molar-refractivity contribution is 5.88. The van der Waals surface area contributed by atoms with Crippen LogP contribution in [0.15, 0.2) is 0 Å². The van der Waals surface area contributed by atoms with E-state index in [1.54, 1.807) is 0 Å². The molecule has 3 atom stereocenters. The lowest BCUT2D eigenvalue weighted by Crippen LogP contribution is -2.48. The van der Waals surface area contributed by atoms with Crippen molar-refractivity contribution in [2.75, 3.05) is 19.6 Å². The maximum atomic E-state index is 12.8. The number of nitrogens with zero attached hydrogens (tertiary/aromatic N) is 1. The van der Waals surface area contributed by atoms with Crippen LogP contribution in [0.1, 0.15) is 64.7 Å². The molecule has 1 aliphatic heterocycles. The van der Waals surface area contributed by atoms with E-state index >= 15 is 0 Å². The summed E-state index contributed by atoms with van der Waals surface area (Å²) in [6.07, 6.45) is 9.10. The van der Waals surface area contributed by atoms with E-state index < -0.39 is 0 Å². The van der Waals surface area contributed by atoms with E-state index in [2.05, 4.69) is 12.2 Å². The molecule has 24 heavy (non-hydrogen) atoms. The van der Waals surface area contributed by atoms with Gasteiger partial charge in [-0.3, -0.25) is 9.59 Å². The van der Waals surface area contributed by atoms with E-state index in [-0.39, 0.29) is 42.1 Å². The van der Waals surface area contributed by atoms with Crippen LogP contribution in [-0.4, -0.2) is 42.4 Å². The molecule has 3 unspecified atom stereocenters. The zero-order valence-electron chi connectivity index (χ0n) is 15.0. The Hall–Kier alpha value is -0.810. The number of hydrogen-bond donors (Lipinski definition) is 2. The van der Waals surface area contributed by atoms with Crippen molar-refractivity contribution in [1.29, 1.82) is 0 Å². The van der Waals surface area contributed by atoms with Crippen molar-refractivity contribution in [1.82, 2.24) is 10.2 Å². The van der Waals surface area contributed by atoms with Crippen LogP contribution >= 0.6 is 12.4 Å². The lowest BCUT2D eigenvalue weighted by molar-refractivity contribution is -0.143. The summed E-state index contributed by atoms with van der Waals surface area (Å²) in [7, 11) is 0. The summed E-state index contributed by atoms with van der Waals surface area (Å²) in [5.74, 6) is -0.0204. The fourth-order valence-corrected chi connectivity index (χ4v) is 3.92. The minimum absolute atomic E-state index is 0. The van der Waals surface area contributed by atoms with Crippen molar-refractivity contribution >= 4 is 24.2 Å². The number of unbranched alkanes of at least 4 members (excludes halogenated alkanes) is 1. The second-order valence-electron chi connectivity index (χ2n) is 7.11. The number of hydrogen-bond acceptors (Lipinski definition) is 3. The van der Waals surface area contributed by atoms with Gasteiger partial charge >= 0.3 is 0 Å². The maximum Gasteiger partial charge on any atom is 0.226 e. The monoisotopic (exact) mass is 359 g/mol. The lowest BCUT2D eigenvalue weighted by Gasteiger charge is -2.33. The zero-order valence-corrected chi connectivity index (χ0v) is 15.8. The molecule has 1 saturated heterocycles. The van der Waals surface area contributed by atoms with E-state index in [1.165, 1.54) is 0 Å². The molecular formula is C18H34ClN3O2. The van der Waals surface area contributed by atoms with Crippen LogP contribution in [0.25, 0.3) is 0 Å². The van der Waals surface area contributed by atoms with Crippen LogP contribution in [0.2, 0.25) is 0 Å². The van der Waals surface area contributed by atoms with Crippen LogP contribution in [0.3, 0.4) is 0 Å². The smallest absolute Gasteiger partial charge is 0.226 e. The third kappa shape index (κ3) is 5.62. The van der Waals surface area contributed by atoms with Gasteiger partial charge in [0.25, 0.3) is 0 Å². The summed E-state index contributed by atoms with van der Waals surface area (Å²) >= 11 is 0. The van der Waals surface area contributed by atoms with Crippen LogP contribution in [-0.2, 0) is 9.59 Å². The van der Waals surface area contributed by atoms with Gasteiger partial charge in [0.15, 0.2) is 0 Å². The Labute approximate surface area is 152 Å². The molecule has 0 bridgehead atoms. The van der Waals surface area contributed by atoms with Gasteiger partial charge in [-0.25, -0.2) is 0 Å². The van der Waals surface area contributed by atoms with E-state index in [9.17, 15) is 9.59 Å². The van der Waals surface area contributed by atoms with Gasteiger partial charge in [0.05, 0.1) is 0 Å². The number of rotatable bonds is 7. The van der Waals surface area contributed by atoms with Gasteiger partial charge in [-0.05, 0) is 32.1 Å². The van der Waals surface area contributed by atoms with Crippen LogP contribution in [0, 0.1) is 11.8 Å². The summed E-state index contributed by atoms with van der Waals surface area (Å²) in [5.41, 5.74) is 5.80. The van der Waals surface area contributed by atoms with Crippen molar-refractivity contribution in [3.63, 3.8) is 0 Å². The third-order valence-electron chi connectivity index (χ3n) is 5.37. The fourth-order valence-electron chi connectivity index (χ4n) is 3.92. The molecule has 2 rings (SSSR count). The second-order valence-corrected chi connectivity index (χ2v) is 7.11. The molecule has 5 nitrogen and oxygen atoms in total. The molecule has 1 saturated carbocycles. The number of carbonyl (C=O) groups excluding carboxylic acids is 2. The zero-order chi connectivity index (χ0) is 16.7. The highest BCUT2D eigenvalue weighted by atomic mass is 35.5. The molecule has 6 heteroatoms. The van der Waals surface area contributed by atoms with Gasteiger partial charge in [-0.1, -0.05) is 32.6 Å². The summed E-state index contributed by atoms with van der Waals surface area (Å²) in [5, 5.41) is 3.11. The van der Waals surface area contributed by atoms with E-state index in [4.69, 9.17) is 5.73 Å². The van der Waals surface area contributed by atoms with Crippen molar-refractivity contribution in [2.24, 2.45) is 17.6 Å². The Morgan fingerprint density at radius 2 is 1.75 bits per heavy atom. The minimum Gasteiger partial charge on any atom is -0.352 e. The molecule has 2 fully saturated rings. The number of halogens is 1. The second kappa shape index (κ2) is 10.9. The molecule has 2 amide bonds. The predicted octanol–water partition coefficient (Wildman–Crippen LogP) is 2.47. The summed E-state index contributed by atoms with van der Waals surface area (Å²) < 4.78 is 0. The molecule has 0 spiro atoms. The van der Waals surface area contributed by atoms with E-state index in [0.717, 1.165) is 70.9 Å². The van der Waals surface area contributed by atoms with Gasteiger partial charge in [0, 0.05) is 37.5 Å². The Bertz CT molecular complexity index is 400. The Balaban J connectivity index is 0.00000288. The first kappa shape index (κ1) is 21.2. The average Bonchev–Trinajstić information content (AvgIpc) is 3.12. The quantitative estimate of drug-likeness (QED) is 0.733. The normalized spacial score (nSPS) is 25.0. The van der Waals surface area contributed by atoms with Gasteiger partial charge in [-0.2, -0.15) is 0 Å². The van der Waals surface area contributed by atoms with Gasteiger partial charge in [0.1, 0.15) is 0 Å². The number of nitrogens with two attached hydrogens (primary N) is 1. The Kier molecular flexibility index (Phi) is 9.67. The summed E-state index contributed by atoms with van der Waals surface area (Å²) in [6.45, 7) is 4.35. The number of likely N-dealkylation sites (tertiary alicyclic amines) is 1. The van der Waals surface area contributed by atoms with Gasteiger partial charge < -0.3 is 16.0 Å². The first-order chi connectivity index (χ1) is 11.2. The molecule has 0 radical (unpaired) electrons. The molecule has 2 aliphatic rings. The average molecular weight is 360 g/mol. The largest absolute Gasteiger partial charge is 0.352 e. The number of amides is 2. The maximum absolute atomic E-state index is 12.8. The van der Waals surface area contributed by atoms with Gasteiger partial charge in [-0.15, -0.1) is 12.4 Å². The van der Waals surface area contributed by atoms with Crippen molar-refractivity contribution in [3.8, 4) is 0 Å². The summed E-state index contributed by atoms with van der Waals surface area (Å²) in [6, 6.07) is 0.0481. The van der Waals surface area contributed by atoms with Crippen LogP contribution < -0.4 is 11.1 Å². The number of nitrogens with one attached hydrogen (secondary N) is 1. The standard InChI is InChI=1S/C18H33N3O2.ClH/c1-2-3-8-14(13-19)20-17(22)15-9-4-5-10-16(15)18(23)21-11-6-7-12-21;/h14-16H,2-13,19H2,1H3,(H,20,22);1H. The molecule has 1 aliphatic carbocycles. The topological polar surface area (TPSA) is 75.4 Å². The van der Waals surface area contributed by atoms with E-state index in [1.807, 2.05) is 4.90 Å². The Morgan fingerprint density at radius 1 is 1.12 bits per heavy atom. The van der Waals surface area contributed by atoms with Crippen LogP contribution in [0.4, 0.5) is 0 Å². The Morgan fingerprint density at radius 3 is 2.33 bits per heavy atom. The lowest BCUT2D eigenvalue weighted by atomic mass is 9.77. The van der Waals surface area contributed by atoms with Crippen molar-refractivity contribution in [2.45, 2.75) is 70.8 Å². The van der Waals surface area contributed by atoms with E-state index in [0.29, 0.717) is 6.54 Å². The molecular weight excluding hydrogens is 326 g/mol. The predicted molar refractivity (Wildman–Crippen MR) is 99.0 cm³/mol. The van der Waals surface area contributed by atoms with Crippen LogP contribution in [0.5, 0.6) is 0 Å². The van der Waals surface area contributed by atoms with Crippen molar-refractivity contribution < 1.29 is 9.59 Å². The molecule has 140 valence electrons. The minimum atomic E-state index is -0.160. The number of carbonyl (C=O) groups is 2. The first-order valence-corrected chi connectivity index (χ1v) is 9.46. The molecule has 1 heterocycles. The molecule has 3 N–H and O–H groups in total. The highest BCUT2D eigenvalue weighted by Gasteiger charge is 2.38. The van der Waals surface area contributed by atoms with Gasteiger partial charge in [0.2, 0.25) is 11.8 Å². The molecule has 0 aromatic carbocycles. The van der Waals surface area contributed by atoms with Crippen molar-refractivity contribution in [3.05, 3.63) is 0 Å².